The molecule has 2 aliphatic rings. The first-order chi connectivity index (χ1) is 20.6. The summed E-state index contributed by atoms with van der Waals surface area (Å²) in [6, 6.07) is 10.8. The third-order valence-electron chi connectivity index (χ3n) is 9.13. The molecule has 2 aliphatic carbocycles. The number of nitrogens with one attached hydrogen (secondary N) is 1. The van der Waals surface area contributed by atoms with Crippen molar-refractivity contribution in [3.63, 3.8) is 0 Å². The van der Waals surface area contributed by atoms with Crippen molar-refractivity contribution in [2.75, 3.05) is 18.4 Å². The van der Waals surface area contributed by atoms with Gasteiger partial charge in [0.25, 0.3) is 5.91 Å². The molecular formula is C37H52N2O3. The van der Waals surface area contributed by atoms with Crippen molar-refractivity contribution in [3.05, 3.63) is 64.2 Å². The molecule has 228 valence electrons. The van der Waals surface area contributed by atoms with Gasteiger partial charge in [0.2, 0.25) is 0 Å². The molecule has 1 N–H and O–H groups in total. The Bertz CT molecular complexity index is 1180. The third-order valence-corrected chi connectivity index (χ3v) is 9.13. The van der Waals surface area contributed by atoms with Crippen LogP contribution in [0.2, 0.25) is 0 Å². The fourth-order valence-corrected chi connectivity index (χ4v) is 6.62. The van der Waals surface area contributed by atoms with Gasteiger partial charge in [-0.15, -0.1) is 0 Å². The highest BCUT2D eigenvalue weighted by molar-refractivity contribution is 6.31. The van der Waals surface area contributed by atoms with Crippen molar-refractivity contribution in [1.82, 2.24) is 4.90 Å². The van der Waals surface area contributed by atoms with Crippen LogP contribution in [0.1, 0.15) is 165 Å². The van der Waals surface area contributed by atoms with Crippen LogP contribution in [0.4, 0.5) is 5.69 Å². The second kappa shape index (κ2) is 16.6. The number of carbonyl (C=O) groups excluding carboxylic acids is 3. The maximum atomic E-state index is 14.3. The summed E-state index contributed by atoms with van der Waals surface area (Å²) in [5.41, 5.74) is 2.79. The summed E-state index contributed by atoms with van der Waals surface area (Å²) < 4.78 is 0. The molecule has 0 atom stereocenters. The van der Waals surface area contributed by atoms with E-state index in [4.69, 9.17) is 0 Å². The minimum Gasteiger partial charge on any atom is -0.381 e. The van der Waals surface area contributed by atoms with Gasteiger partial charge in [0.15, 0.2) is 11.6 Å². The Morgan fingerprint density at radius 1 is 0.690 bits per heavy atom. The summed E-state index contributed by atoms with van der Waals surface area (Å²) in [5.74, 6) is -0.314. The van der Waals surface area contributed by atoms with Gasteiger partial charge in [-0.25, -0.2) is 0 Å². The molecular weight excluding hydrogens is 520 g/mol. The predicted molar refractivity (Wildman–Crippen MR) is 173 cm³/mol. The lowest BCUT2D eigenvalue weighted by molar-refractivity contribution is 0.0749. The predicted octanol–water partition coefficient (Wildman–Crippen LogP) is 9.37. The topological polar surface area (TPSA) is 66.5 Å². The fourth-order valence-electron chi connectivity index (χ4n) is 6.62. The van der Waals surface area contributed by atoms with Crippen molar-refractivity contribution in [3.8, 4) is 0 Å². The fraction of sp³-hybridized carbons (Fsp3) is 0.595. The number of anilines is 1. The molecule has 5 nitrogen and oxygen atoms in total. The number of benzene rings is 2. The summed E-state index contributed by atoms with van der Waals surface area (Å²) in [4.78, 5) is 43.8. The molecule has 5 heteroatoms. The summed E-state index contributed by atoms with van der Waals surface area (Å²) >= 11 is 0. The zero-order valence-corrected chi connectivity index (χ0v) is 26.1. The number of ketones is 2. The second-order valence-electron chi connectivity index (χ2n) is 12.4. The molecule has 1 saturated carbocycles. The number of rotatable bonds is 17. The Hall–Kier alpha value is -2.95. The zero-order valence-electron chi connectivity index (χ0n) is 26.1. The lowest BCUT2D eigenvalue weighted by atomic mass is 9.81. The van der Waals surface area contributed by atoms with Gasteiger partial charge in [-0.05, 0) is 37.8 Å². The lowest BCUT2D eigenvalue weighted by Crippen LogP contribution is -2.35. The Labute approximate surface area is 253 Å². The van der Waals surface area contributed by atoms with E-state index >= 15 is 0 Å². The molecule has 0 heterocycles. The van der Waals surface area contributed by atoms with Crippen molar-refractivity contribution < 1.29 is 14.4 Å². The first kappa shape index (κ1) is 32.0. The maximum Gasteiger partial charge on any atom is 0.255 e. The van der Waals surface area contributed by atoms with Gasteiger partial charge in [0.05, 0.1) is 16.8 Å². The van der Waals surface area contributed by atoms with E-state index in [0.29, 0.717) is 33.5 Å². The van der Waals surface area contributed by atoms with Crippen LogP contribution in [-0.2, 0) is 0 Å². The molecule has 0 aromatic heterocycles. The first-order valence-electron chi connectivity index (χ1n) is 17.0. The molecule has 0 bridgehead atoms. The van der Waals surface area contributed by atoms with Gasteiger partial charge < -0.3 is 10.2 Å². The van der Waals surface area contributed by atoms with Crippen LogP contribution < -0.4 is 5.32 Å². The van der Waals surface area contributed by atoms with Crippen LogP contribution in [0, 0.1) is 0 Å². The van der Waals surface area contributed by atoms with Gasteiger partial charge in [-0.2, -0.15) is 0 Å². The Balaban J connectivity index is 1.62. The molecule has 0 aliphatic heterocycles. The molecule has 42 heavy (non-hydrogen) atoms. The number of hydrogen-bond donors (Lipinski definition) is 1. The van der Waals surface area contributed by atoms with E-state index in [1.54, 1.807) is 36.4 Å². The highest BCUT2D eigenvalue weighted by atomic mass is 16.2. The number of hydrogen-bond acceptors (Lipinski definition) is 4. The van der Waals surface area contributed by atoms with Crippen molar-refractivity contribution in [2.45, 2.75) is 129 Å². The molecule has 1 fully saturated rings. The second-order valence-corrected chi connectivity index (χ2v) is 12.4. The van der Waals surface area contributed by atoms with Crippen LogP contribution in [0.3, 0.4) is 0 Å². The first-order valence-corrected chi connectivity index (χ1v) is 17.0. The normalized spacial score (nSPS) is 14.9. The summed E-state index contributed by atoms with van der Waals surface area (Å²) in [6.45, 7) is 5.93. The van der Waals surface area contributed by atoms with E-state index < -0.39 is 0 Å². The molecule has 1 amide bonds. The number of nitrogens with zero attached hydrogens (tertiary/aromatic N) is 1. The summed E-state index contributed by atoms with van der Waals surface area (Å²) in [6.07, 6.45) is 19.6. The third kappa shape index (κ3) is 8.11. The molecule has 0 radical (unpaired) electrons. The van der Waals surface area contributed by atoms with Gasteiger partial charge in [0, 0.05) is 35.8 Å². The van der Waals surface area contributed by atoms with Crippen molar-refractivity contribution in [1.29, 1.82) is 0 Å². The van der Waals surface area contributed by atoms with Crippen LogP contribution in [0.15, 0.2) is 36.4 Å². The average molecular weight is 573 g/mol. The van der Waals surface area contributed by atoms with Gasteiger partial charge in [0.1, 0.15) is 0 Å². The highest BCUT2D eigenvalue weighted by Gasteiger charge is 2.35. The SMILES string of the molecule is CCCCCCCCN(CCCCCCCC)C(=O)c1ccc2c(c1NC1CCCCC1)C(=O)c1ccccc1C2=O. The zero-order chi connectivity index (χ0) is 29.7. The van der Waals surface area contributed by atoms with E-state index in [1.807, 2.05) is 4.90 Å². The summed E-state index contributed by atoms with van der Waals surface area (Å²) in [5, 5.41) is 3.66. The smallest absolute Gasteiger partial charge is 0.255 e. The van der Waals surface area contributed by atoms with E-state index in [-0.39, 0.29) is 23.5 Å². The highest BCUT2D eigenvalue weighted by Crippen LogP contribution is 2.36. The Morgan fingerprint density at radius 2 is 1.24 bits per heavy atom. The van der Waals surface area contributed by atoms with Gasteiger partial charge in [-0.3, -0.25) is 14.4 Å². The van der Waals surface area contributed by atoms with E-state index in [9.17, 15) is 14.4 Å². The minimum absolute atomic E-state index is 0.0164. The van der Waals surface area contributed by atoms with E-state index in [2.05, 4.69) is 19.2 Å². The van der Waals surface area contributed by atoms with E-state index in [0.717, 1.165) is 64.5 Å². The van der Waals surface area contributed by atoms with Gasteiger partial charge in [-0.1, -0.05) is 122 Å². The quantitative estimate of drug-likeness (QED) is 0.164. The Kier molecular flexibility index (Phi) is 12.7. The molecule has 2 aromatic rings. The number of unbranched alkanes of at least 4 members (excludes halogenated alkanes) is 10. The molecule has 0 unspecified atom stereocenters. The van der Waals surface area contributed by atoms with Crippen LogP contribution >= 0.6 is 0 Å². The monoisotopic (exact) mass is 572 g/mol. The molecule has 4 rings (SSSR count). The summed E-state index contributed by atoms with van der Waals surface area (Å²) in [7, 11) is 0. The maximum absolute atomic E-state index is 14.3. The standard InChI is InChI=1S/C37H52N2O3/c1-3-5-7-9-11-18-26-39(27-19-12-10-8-6-4-2)37(42)32-25-24-31-33(34(32)38-28-20-14-13-15-21-28)36(41)30-23-17-16-22-29(30)35(31)40/h16-17,22-25,28,38H,3-15,18-21,26-27H2,1-2H3. The van der Waals surface area contributed by atoms with Crippen molar-refractivity contribution >= 4 is 23.2 Å². The molecule has 2 aromatic carbocycles. The number of carbonyl (C=O) groups is 3. The van der Waals surface area contributed by atoms with Crippen molar-refractivity contribution in [2.24, 2.45) is 0 Å². The molecule has 0 spiro atoms. The van der Waals surface area contributed by atoms with Gasteiger partial charge >= 0.3 is 0 Å². The minimum atomic E-state index is -0.161. The van der Waals surface area contributed by atoms with E-state index in [1.165, 1.54) is 57.8 Å². The Morgan fingerprint density at radius 3 is 1.83 bits per heavy atom. The van der Waals surface area contributed by atoms with Crippen LogP contribution in [0.25, 0.3) is 0 Å². The lowest BCUT2D eigenvalue weighted by Gasteiger charge is -2.30. The number of fused-ring (bicyclic) bond motifs is 2. The average Bonchev–Trinajstić information content (AvgIpc) is 3.02. The van der Waals surface area contributed by atoms with Crippen LogP contribution in [-0.4, -0.2) is 41.5 Å². The van der Waals surface area contributed by atoms with Crippen LogP contribution in [0.5, 0.6) is 0 Å². The molecule has 0 saturated heterocycles. The number of amides is 1. The largest absolute Gasteiger partial charge is 0.381 e.